The fraction of sp³-hybridized carbons (Fsp3) is 0.333. The van der Waals surface area contributed by atoms with E-state index in [9.17, 15) is 9.59 Å². The second kappa shape index (κ2) is 6.12. The maximum atomic E-state index is 11.6. The molecule has 0 heterocycles. The van der Waals surface area contributed by atoms with E-state index in [1.54, 1.807) is 30.3 Å². The standard InChI is InChI=1S/C12H15NO4/c1-8(14)11(13)12(16)17-7-10(15)9-5-3-2-4-6-9/h2-6,8,11,14H,7,13H2,1H3/t8-,11+/m1/s1. The molecule has 1 rings (SSSR count). The number of benzene rings is 1. The maximum Gasteiger partial charge on any atom is 0.326 e. The number of esters is 1. The largest absolute Gasteiger partial charge is 0.456 e. The Kier molecular flexibility index (Phi) is 4.81. The molecule has 0 saturated carbocycles. The number of rotatable bonds is 5. The lowest BCUT2D eigenvalue weighted by molar-refractivity contribution is -0.146. The molecule has 0 aromatic heterocycles. The molecule has 0 fully saturated rings. The van der Waals surface area contributed by atoms with Gasteiger partial charge in [0.1, 0.15) is 6.04 Å². The van der Waals surface area contributed by atoms with Gasteiger partial charge >= 0.3 is 5.97 Å². The van der Waals surface area contributed by atoms with Gasteiger partial charge in [-0.25, -0.2) is 0 Å². The number of ketones is 1. The molecule has 5 heteroatoms. The molecule has 0 spiro atoms. The zero-order chi connectivity index (χ0) is 12.8. The molecular weight excluding hydrogens is 222 g/mol. The van der Waals surface area contributed by atoms with Gasteiger partial charge in [-0.05, 0) is 6.92 Å². The molecule has 3 N–H and O–H groups in total. The molecule has 0 saturated heterocycles. The van der Waals surface area contributed by atoms with Crippen molar-refractivity contribution in [1.82, 2.24) is 0 Å². The van der Waals surface area contributed by atoms with Gasteiger partial charge in [0.25, 0.3) is 0 Å². The molecule has 2 atom stereocenters. The number of hydrogen-bond acceptors (Lipinski definition) is 5. The Morgan fingerprint density at radius 3 is 2.47 bits per heavy atom. The van der Waals surface area contributed by atoms with Gasteiger partial charge in [0, 0.05) is 5.56 Å². The lowest BCUT2D eigenvalue weighted by Crippen LogP contribution is -2.42. The van der Waals surface area contributed by atoms with Crippen LogP contribution in [0.4, 0.5) is 0 Å². The van der Waals surface area contributed by atoms with Crippen LogP contribution in [0, 0.1) is 0 Å². The average molecular weight is 237 g/mol. The molecule has 0 amide bonds. The van der Waals surface area contributed by atoms with Gasteiger partial charge in [0.15, 0.2) is 12.4 Å². The summed E-state index contributed by atoms with van der Waals surface area (Å²) in [6, 6.07) is 7.35. The fourth-order valence-electron chi connectivity index (χ4n) is 1.14. The number of carbonyl (C=O) groups is 2. The summed E-state index contributed by atoms with van der Waals surface area (Å²) >= 11 is 0. The number of hydrogen-bond donors (Lipinski definition) is 2. The van der Waals surface area contributed by atoms with Gasteiger partial charge in [-0.2, -0.15) is 0 Å². The van der Waals surface area contributed by atoms with Crippen molar-refractivity contribution in [3.63, 3.8) is 0 Å². The van der Waals surface area contributed by atoms with Gasteiger partial charge in [-0.1, -0.05) is 30.3 Å². The third kappa shape index (κ3) is 3.97. The highest BCUT2D eigenvalue weighted by molar-refractivity contribution is 5.98. The molecule has 0 radical (unpaired) electrons. The van der Waals surface area contributed by atoms with E-state index in [-0.39, 0.29) is 12.4 Å². The SMILES string of the molecule is C[C@@H](O)[C@H](N)C(=O)OCC(=O)c1ccccc1. The summed E-state index contributed by atoms with van der Waals surface area (Å²) in [7, 11) is 0. The van der Waals surface area contributed by atoms with Crippen molar-refractivity contribution in [2.45, 2.75) is 19.1 Å². The first-order valence-electron chi connectivity index (χ1n) is 5.21. The molecule has 1 aromatic rings. The van der Waals surface area contributed by atoms with Crippen LogP contribution in [-0.2, 0) is 9.53 Å². The molecule has 17 heavy (non-hydrogen) atoms. The predicted octanol–water partition coefficient (Wildman–Crippen LogP) is 0.121. The smallest absolute Gasteiger partial charge is 0.326 e. The number of Topliss-reactive ketones (excluding diaryl/α,β-unsaturated/α-hetero) is 1. The molecule has 92 valence electrons. The van der Waals surface area contributed by atoms with Crippen LogP contribution in [0.1, 0.15) is 17.3 Å². The minimum atomic E-state index is -1.13. The Balaban J connectivity index is 2.47. The summed E-state index contributed by atoms with van der Waals surface area (Å²) in [5.74, 6) is -1.10. The summed E-state index contributed by atoms with van der Waals surface area (Å²) in [6.45, 7) is 1.01. The van der Waals surface area contributed by atoms with Gasteiger partial charge in [-0.3, -0.25) is 9.59 Å². The van der Waals surface area contributed by atoms with Gasteiger partial charge in [-0.15, -0.1) is 0 Å². The minimum absolute atomic E-state index is 0.309. The lowest BCUT2D eigenvalue weighted by atomic mass is 10.1. The molecule has 0 aliphatic rings. The summed E-state index contributed by atoms with van der Waals surface area (Å²) in [5.41, 5.74) is 5.81. The normalized spacial score (nSPS) is 13.8. The van der Waals surface area contributed by atoms with Gasteiger partial charge < -0.3 is 15.6 Å². The first kappa shape index (κ1) is 13.3. The van der Waals surface area contributed by atoms with E-state index in [2.05, 4.69) is 0 Å². The van der Waals surface area contributed by atoms with Crippen LogP contribution in [0.15, 0.2) is 30.3 Å². The summed E-state index contributed by atoms with van der Waals surface area (Å²) in [4.78, 5) is 22.8. The molecule has 0 bridgehead atoms. The molecule has 0 unspecified atom stereocenters. The minimum Gasteiger partial charge on any atom is -0.456 e. The van der Waals surface area contributed by atoms with Crippen molar-refractivity contribution in [1.29, 1.82) is 0 Å². The van der Waals surface area contributed by atoms with Crippen LogP contribution in [0.2, 0.25) is 0 Å². The van der Waals surface area contributed by atoms with E-state index < -0.39 is 18.1 Å². The third-order valence-electron chi connectivity index (χ3n) is 2.23. The fourth-order valence-corrected chi connectivity index (χ4v) is 1.14. The second-order valence-corrected chi connectivity index (χ2v) is 3.66. The number of aliphatic hydroxyl groups excluding tert-OH is 1. The van der Waals surface area contributed by atoms with Crippen molar-refractivity contribution < 1.29 is 19.4 Å². The van der Waals surface area contributed by atoms with E-state index in [4.69, 9.17) is 15.6 Å². The summed E-state index contributed by atoms with van der Waals surface area (Å²) < 4.78 is 4.71. The van der Waals surface area contributed by atoms with Crippen LogP contribution in [0.25, 0.3) is 0 Å². The number of carbonyl (C=O) groups excluding carboxylic acids is 2. The second-order valence-electron chi connectivity index (χ2n) is 3.66. The monoisotopic (exact) mass is 237 g/mol. The first-order chi connectivity index (χ1) is 8.02. The van der Waals surface area contributed by atoms with Crippen LogP contribution >= 0.6 is 0 Å². The van der Waals surface area contributed by atoms with Crippen LogP contribution in [0.5, 0.6) is 0 Å². The van der Waals surface area contributed by atoms with Crippen molar-refractivity contribution >= 4 is 11.8 Å². The highest BCUT2D eigenvalue weighted by Gasteiger charge is 2.21. The molecule has 5 nitrogen and oxygen atoms in total. The van der Waals surface area contributed by atoms with Crippen molar-refractivity contribution in [2.75, 3.05) is 6.61 Å². The zero-order valence-electron chi connectivity index (χ0n) is 9.50. The van der Waals surface area contributed by atoms with Crippen molar-refractivity contribution in [2.24, 2.45) is 5.73 Å². The Morgan fingerprint density at radius 2 is 1.94 bits per heavy atom. The third-order valence-corrected chi connectivity index (χ3v) is 2.23. The average Bonchev–Trinajstić information content (AvgIpc) is 2.35. The van der Waals surface area contributed by atoms with E-state index in [0.29, 0.717) is 5.56 Å². The van der Waals surface area contributed by atoms with Crippen LogP contribution in [-0.4, -0.2) is 35.6 Å². The Morgan fingerprint density at radius 1 is 1.35 bits per heavy atom. The van der Waals surface area contributed by atoms with Crippen LogP contribution in [0.3, 0.4) is 0 Å². The number of ether oxygens (including phenoxy) is 1. The van der Waals surface area contributed by atoms with E-state index in [1.165, 1.54) is 6.92 Å². The summed E-state index contributed by atoms with van der Waals surface area (Å²) in [5, 5.41) is 9.06. The maximum absolute atomic E-state index is 11.6. The number of aliphatic hydroxyl groups is 1. The Labute approximate surface area is 99.2 Å². The quantitative estimate of drug-likeness (QED) is 0.561. The molecule has 0 aliphatic heterocycles. The van der Waals surface area contributed by atoms with E-state index in [0.717, 1.165) is 0 Å². The topological polar surface area (TPSA) is 89.6 Å². The Bertz CT molecular complexity index is 389. The van der Waals surface area contributed by atoms with E-state index >= 15 is 0 Å². The van der Waals surface area contributed by atoms with Crippen molar-refractivity contribution in [3.05, 3.63) is 35.9 Å². The molecule has 1 aromatic carbocycles. The highest BCUT2D eigenvalue weighted by Crippen LogP contribution is 2.01. The highest BCUT2D eigenvalue weighted by atomic mass is 16.5. The Hall–Kier alpha value is -1.72. The van der Waals surface area contributed by atoms with Gasteiger partial charge in [0.05, 0.1) is 6.10 Å². The van der Waals surface area contributed by atoms with Crippen molar-refractivity contribution in [3.8, 4) is 0 Å². The first-order valence-corrected chi connectivity index (χ1v) is 5.21. The van der Waals surface area contributed by atoms with E-state index in [1.807, 2.05) is 0 Å². The predicted molar refractivity (Wildman–Crippen MR) is 61.4 cm³/mol. The zero-order valence-corrected chi connectivity index (χ0v) is 9.50. The van der Waals surface area contributed by atoms with Gasteiger partial charge in [0.2, 0.25) is 0 Å². The lowest BCUT2D eigenvalue weighted by Gasteiger charge is -2.13. The number of nitrogens with two attached hydrogens (primary N) is 1. The van der Waals surface area contributed by atoms with Crippen LogP contribution < -0.4 is 5.73 Å². The molecule has 0 aliphatic carbocycles. The molecular formula is C12H15NO4. The summed E-state index contributed by atoms with van der Waals surface area (Å²) in [6.07, 6.45) is -1.01.